The van der Waals surface area contributed by atoms with Gasteiger partial charge in [0, 0.05) is 6.07 Å². The van der Waals surface area contributed by atoms with Gasteiger partial charge < -0.3 is 9.15 Å². The Labute approximate surface area is 103 Å². The highest BCUT2D eigenvalue weighted by molar-refractivity contribution is 8.32. The Morgan fingerprint density at radius 3 is 3.06 bits per heavy atom. The summed E-state index contributed by atoms with van der Waals surface area (Å²) in [6.45, 7) is 0. The first-order chi connectivity index (χ1) is 7.72. The predicted molar refractivity (Wildman–Crippen MR) is 70.2 cm³/mol. The van der Waals surface area contributed by atoms with E-state index in [1.165, 1.54) is 11.8 Å². The van der Waals surface area contributed by atoms with Gasteiger partial charge in [-0.2, -0.15) is 9.98 Å². The minimum absolute atomic E-state index is 0.308. The lowest BCUT2D eigenvalue weighted by atomic mass is 10.3. The topological polar surface area (TPSA) is 47.6 Å². The van der Waals surface area contributed by atoms with Crippen LogP contribution in [0.3, 0.4) is 0 Å². The van der Waals surface area contributed by atoms with E-state index in [-0.39, 0.29) is 0 Å². The molecule has 0 aliphatic carbocycles. The Hall–Kier alpha value is -1.14. The normalized spacial score (nSPS) is 12.1. The van der Waals surface area contributed by atoms with Crippen LogP contribution in [0.2, 0.25) is 0 Å². The number of rotatable bonds is 2. The van der Waals surface area contributed by atoms with Crippen molar-refractivity contribution >= 4 is 45.9 Å². The van der Waals surface area contributed by atoms with Crippen LogP contribution in [-0.4, -0.2) is 22.7 Å². The highest BCUT2D eigenvalue weighted by Gasteiger charge is 2.06. The van der Waals surface area contributed by atoms with Crippen molar-refractivity contribution in [1.82, 2.24) is 4.98 Å². The molecule has 0 amide bonds. The van der Waals surface area contributed by atoms with Crippen LogP contribution < -0.4 is 4.74 Å². The first-order valence-corrected chi connectivity index (χ1v) is 6.16. The molecule has 0 aliphatic heterocycles. The van der Waals surface area contributed by atoms with Gasteiger partial charge in [-0.3, -0.25) is 0 Å². The lowest BCUT2D eigenvalue weighted by Gasteiger charge is -1.95. The number of nitrogens with zero attached hydrogens (tertiary/aromatic N) is 2. The lowest BCUT2D eigenvalue weighted by molar-refractivity contribution is 0.414. The van der Waals surface area contributed by atoms with Crippen molar-refractivity contribution in [3.63, 3.8) is 0 Å². The number of oxazole rings is 1. The molecule has 0 atom stereocenters. The molecule has 0 saturated heterocycles. The third-order valence-electron chi connectivity index (χ3n) is 1.96. The predicted octanol–water partition coefficient (Wildman–Crippen LogP) is 3.12. The van der Waals surface area contributed by atoms with Gasteiger partial charge in [0.1, 0.15) is 15.6 Å². The first kappa shape index (κ1) is 11.3. The zero-order valence-corrected chi connectivity index (χ0v) is 10.5. The molecule has 2 aromatic rings. The Morgan fingerprint density at radius 1 is 1.56 bits per heavy atom. The van der Waals surface area contributed by atoms with Crippen LogP contribution in [0.5, 0.6) is 5.75 Å². The van der Waals surface area contributed by atoms with Crippen molar-refractivity contribution in [3.8, 4) is 5.75 Å². The number of aromatic nitrogens is 1. The number of benzene rings is 1. The smallest absolute Gasteiger partial charge is 0.324 e. The maximum Gasteiger partial charge on any atom is 0.324 e. The van der Waals surface area contributed by atoms with Gasteiger partial charge in [-0.15, -0.1) is 24.4 Å². The van der Waals surface area contributed by atoms with Crippen LogP contribution in [0.25, 0.3) is 11.1 Å². The number of fused-ring (bicyclic) bond motifs is 1. The molecule has 4 nitrogen and oxygen atoms in total. The van der Waals surface area contributed by atoms with Gasteiger partial charge in [0.15, 0.2) is 5.58 Å². The van der Waals surface area contributed by atoms with E-state index >= 15 is 0 Å². The molecule has 1 heterocycles. The number of ether oxygens (including phenoxy) is 1. The summed E-state index contributed by atoms with van der Waals surface area (Å²) in [6.07, 6.45) is 1.89. The van der Waals surface area contributed by atoms with E-state index in [4.69, 9.17) is 9.15 Å². The van der Waals surface area contributed by atoms with Crippen LogP contribution in [-0.2, 0) is 0 Å². The van der Waals surface area contributed by atoms with Crippen molar-refractivity contribution in [2.75, 3.05) is 13.4 Å². The Balaban J connectivity index is 2.44. The second-order valence-corrected chi connectivity index (χ2v) is 4.45. The van der Waals surface area contributed by atoms with E-state index < -0.39 is 0 Å². The van der Waals surface area contributed by atoms with Crippen LogP contribution in [0.1, 0.15) is 0 Å². The number of thiol groups is 1. The number of methoxy groups -OCH3 is 1. The summed E-state index contributed by atoms with van der Waals surface area (Å²) in [6, 6.07) is 5.74. The Bertz CT molecular complexity index is 537. The van der Waals surface area contributed by atoms with E-state index in [9.17, 15) is 0 Å². The summed E-state index contributed by atoms with van der Waals surface area (Å²) in [5, 5.41) is 0. The van der Waals surface area contributed by atoms with Crippen molar-refractivity contribution in [2.24, 2.45) is 4.99 Å². The Morgan fingerprint density at radius 2 is 2.38 bits per heavy atom. The van der Waals surface area contributed by atoms with Crippen LogP contribution in [0.15, 0.2) is 27.6 Å². The first-order valence-electron chi connectivity index (χ1n) is 4.49. The van der Waals surface area contributed by atoms with E-state index in [0.29, 0.717) is 16.0 Å². The summed E-state index contributed by atoms with van der Waals surface area (Å²) in [7, 11) is 1.61. The molecule has 0 spiro atoms. The monoisotopic (exact) mass is 254 g/mol. The average molecular weight is 254 g/mol. The zero-order valence-electron chi connectivity index (χ0n) is 8.80. The van der Waals surface area contributed by atoms with Crippen molar-refractivity contribution in [2.45, 2.75) is 0 Å². The largest absolute Gasteiger partial charge is 0.497 e. The van der Waals surface area contributed by atoms with Crippen LogP contribution >= 0.6 is 24.4 Å². The molecular weight excluding hydrogens is 244 g/mol. The SMILES string of the molecule is COc1ccc2nc(/N=C(/S)SC)oc2c1. The van der Waals surface area contributed by atoms with Crippen molar-refractivity contribution in [3.05, 3.63) is 18.2 Å². The van der Waals surface area contributed by atoms with Gasteiger partial charge in [0.25, 0.3) is 0 Å². The molecule has 2 rings (SSSR count). The second kappa shape index (κ2) is 4.80. The highest BCUT2D eigenvalue weighted by Crippen LogP contribution is 2.25. The molecule has 6 heteroatoms. The van der Waals surface area contributed by atoms with E-state index in [2.05, 4.69) is 22.6 Å². The molecule has 0 unspecified atom stereocenters. The van der Waals surface area contributed by atoms with Gasteiger partial charge in [-0.05, 0) is 18.4 Å². The zero-order chi connectivity index (χ0) is 11.5. The molecule has 1 aromatic carbocycles. The number of thioether (sulfide) groups is 1. The summed E-state index contributed by atoms with van der Waals surface area (Å²) in [5.41, 5.74) is 1.40. The molecule has 0 bridgehead atoms. The highest BCUT2D eigenvalue weighted by atomic mass is 32.2. The van der Waals surface area contributed by atoms with Gasteiger partial charge >= 0.3 is 6.01 Å². The van der Waals surface area contributed by atoms with E-state index in [0.717, 1.165) is 11.3 Å². The van der Waals surface area contributed by atoms with Crippen LogP contribution in [0.4, 0.5) is 6.01 Å². The molecule has 0 fully saturated rings. The molecular formula is C10H10N2O2S2. The molecule has 0 saturated carbocycles. The number of hydrogen-bond donors (Lipinski definition) is 1. The fourth-order valence-electron chi connectivity index (χ4n) is 1.20. The fourth-order valence-corrected chi connectivity index (χ4v) is 1.45. The average Bonchev–Trinajstić information content (AvgIpc) is 2.69. The summed E-state index contributed by atoms with van der Waals surface area (Å²) in [4.78, 5) is 8.30. The fraction of sp³-hybridized carbons (Fsp3) is 0.200. The third-order valence-corrected chi connectivity index (χ3v) is 3.06. The van der Waals surface area contributed by atoms with Gasteiger partial charge in [0.05, 0.1) is 7.11 Å². The summed E-state index contributed by atoms with van der Waals surface area (Å²) in [5.74, 6) is 0.732. The standard InChI is InChI=1S/C10H10N2O2S2/c1-13-6-3-4-7-8(5-6)14-9(11-7)12-10(15)16-2/h3-5H,1-2H3,(H,11,12,15). The van der Waals surface area contributed by atoms with E-state index in [1.54, 1.807) is 13.2 Å². The lowest BCUT2D eigenvalue weighted by Crippen LogP contribution is -1.80. The quantitative estimate of drug-likeness (QED) is 0.508. The summed E-state index contributed by atoms with van der Waals surface area (Å²) >= 11 is 5.58. The maximum atomic E-state index is 5.44. The minimum atomic E-state index is 0.308. The van der Waals surface area contributed by atoms with Gasteiger partial charge in [0.2, 0.25) is 0 Å². The van der Waals surface area contributed by atoms with Crippen LogP contribution in [0, 0.1) is 0 Å². The number of hydrogen-bond acceptors (Lipinski definition) is 5. The minimum Gasteiger partial charge on any atom is -0.497 e. The van der Waals surface area contributed by atoms with Crippen molar-refractivity contribution < 1.29 is 9.15 Å². The molecule has 16 heavy (non-hydrogen) atoms. The molecule has 84 valence electrons. The van der Waals surface area contributed by atoms with Gasteiger partial charge in [-0.25, -0.2) is 0 Å². The molecule has 1 aromatic heterocycles. The van der Waals surface area contributed by atoms with Gasteiger partial charge in [-0.1, -0.05) is 0 Å². The number of aliphatic imine (C=N–C) groups is 1. The molecule has 0 radical (unpaired) electrons. The Kier molecular flexibility index (Phi) is 3.40. The summed E-state index contributed by atoms with van der Waals surface area (Å²) < 4.78 is 11.1. The van der Waals surface area contributed by atoms with E-state index in [1.807, 2.05) is 18.4 Å². The maximum absolute atomic E-state index is 5.44. The third kappa shape index (κ3) is 2.33. The molecule has 0 aliphatic rings. The second-order valence-electron chi connectivity index (χ2n) is 2.93. The molecule has 0 N–H and O–H groups in total. The van der Waals surface area contributed by atoms with Crippen molar-refractivity contribution in [1.29, 1.82) is 0 Å².